The van der Waals surface area contributed by atoms with E-state index in [1.165, 1.54) is 11.8 Å². The summed E-state index contributed by atoms with van der Waals surface area (Å²) in [6, 6.07) is 7.31. The van der Waals surface area contributed by atoms with Crippen LogP contribution >= 0.6 is 31.0 Å². The standard InChI is InChI=1S/C13H17ClNO4PS/c1-9-12(16)15(7-2-8-20(17,18)19)13(21-9)10-3-5-11(14)6-4-10/h3-6,9,13H,2,7-8H2,1H3,(H2,17,18,19). The summed E-state index contributed by atoms with van der Waals surface area (Å²) in [5, 5.41) is 0.358. The lowest BCUT2D eigenvalue weighted by Gasteiger charge is -2.24. The molecule has 0 aromatic heterocycles. The molecule has 2 atom stereocenters. The maximum atomic E-state index is 12.2. The zero-order valence-electron chi connectivity index (χ0n) is 11.5. The van der Waals surface area contributed by atoms with Crippen molar-refractivity contribution in [2.75, 3.05) is 12.7 Å². The average Bonchev–Trinajstić information content (AvgIpc) is 2.66. The van der Waals surface area contributed by atoms with Gasteiger partial charge in [-0.15, -0.1) is 11.8 Å². The summed E-state index contributed by atoms with van der Waals surface area (Å²) >= 11 is 7.41. The summed E-state index contributed by atoms with van der Waals surface area (Å²) in [7, 11) is -4.02. The molecule has 1 aromatic rings. The molecule has 0 aliphatic carbocycles. The van der Waals surface area contributed by atoms with Gasteiger partial charge in [0.05, 0.1) is 11.4 Å². The third-order valence-corrected chi connectivity index (χ3v) is 5.80. The molecule has 1 amide bonds. The molecule has 2 N–H and O–H groups in total. The predicted molar refractivity (Wildman–Crippen MR) is 84.5 cm³/mol. The van der Waals surface area contributed by atoms with Gasteiger partial charge in [-0.1, -0.05) is 23.7 Å². The van der Waals surface area contributed by atoms with Crippen molar-refractivity contribution in [1.29, 1.82) is 0 Å². The number of thioether (sulfide) groups is 1. The minimum absolute atomic E-state index is 0.00524. The SMILES string of the molecule is CC1SC(c2ccc(Cl)cc2)N(CCCP(=O)(O)O)C1=O. The number of hydrogen-bond acceptors (Lipinski definition) is 3. The molecule has 116 valence electrons. The van der Waals surface area contributed by atoms with Crippen LogP contribution in [0.1, 0.15) is 24.3 Å². The van der Waals surface area contributed by atoms with Gasteiger partial charge in [0, 0.05) is 11.6 Å². The lowest BCUT2D eigenvalue weighted by molar-refractivity contribution is -0.129. The fourth-order valence-electron chi connectivity index (χ4n) is 2.23. The van der Waals surface area contributed by atoms with Crippen LogP contribution in [0.25, 0.3) is 0 Å². The summed E-state index contributed by atoms with van der Waals surface area (Å²) in [5.41, 5.74) is 0.971. The Kier molecular flexibility index (Phi) is 5.38. The number of halogens is 1. The van der Waals surface area contributed by atoms with Gasteiger partial charge in [-0.3, -0.25) is 9.36 Å². The van der Waals surface area contributed by atoms with Gasteiger partial charge in [0.1, 0.15) is 5.37 Å². The van der Waals surface area contributed by atoms with E-state index in [4.69, 9.17) is 21.4 Å². The van der Waals surface area contributed by atoms with Crippen LogP contribution in [0.4, 0.5) is 0 Å². The molecule has 0 radical (unpaired) electrons. The van der Waals surface area contributed by atoms with Gasteiger partial charge in [0.2, 0.25) is 5.91 Å². The zero-order valence-corrected chi connectivity index (χ0v) is 13.9. The van der Waals surface area contributed by atoms with Crippen LogP contribution in [-0.4, -0.2) is 38.6 Å². The van der Waals surface area contributed by atoms with E-state index >= 15 is 0 Å². The molecule has 1 saturated heterocycles. The van der Waals surface area contributed by atoms with E-state index in [2.05, 4.69) is 0 Å². The van der Waals surface area contributed by atoms with Crippen molar-refractivity contribution in [3.05, 3.63) is 34.9 Å². The third kappa shape index (κ3) is 4.47. The van der Waals surface area contributed by atoms with Crippen LogP contribution in [-0.2, 0) is 9.36 Å². The van der Waals surface area contributed by atoms with Crippen LogP contribution in [0.15, 0.2) is 24.3 Å². The molecule has 2 unspecified atom stereocenters. The molecule has 1 fully saturated rings. The fourth-order valence-corrected chi connectivity index (χ4v) is 4.22. The van der Waals surface area contributed by atoms with Gasteiger partial charge in [-0.25, -0.2) is 0 Å². The highest BCUT2D eigenvalue weighted by molar-refractivity contribution is 8.01. The van der Waals surface area contributed by atoms with E-state index in [1.807, 2.05) is 19.1 Å². The van der Waals surface area contributed by atoms with Gasteiger partial charge in [-0.05, 0) is 31.0 Å². The van der Waals surface area contributed by atoms with Gasteiger partial charge in [-0.2, -0.15) is 0 Å². The van der Waals surface area contributed by atoms with Crippen molar-refractivity contribution in [1.82, 2.24) is 4.90 Å². The molecule has 0 saturated carbocycles. The van der Waals surface area contributed by atoms with Gasteiger partial charge in [0.25, 0.3) is 0 Å². The van der Waals surface area contributed by atoms with Gasteiger partial charge in [0.15, 0.2) is 0 Å². The summed E-state index contributed by atoms with van der Waals surface area (Å²) in [5.74, 6) is 0.00524. The second-order valence-electron chi connectivity index (χ2n) is 4.96. The van der Waals surface area contributed by atoms with E-state index in [-0.39, 0.29) is 29.1 Å². The topological polar surface area (TPSA) is 77.8 Å². The van der Waals surface area contributed by atoms with Crippen molar-refractivity contribution < 1.29 is 19.1 Å². The molecule has 0 bridgehead atoms. The molecule has 1 aliphatic rings. The normalized spacial score (nSPS) is 22.9. The molecule has 1 aromatic carbocycles. The lowest BCUT2D eigenvalue weighted by Crippen LogP contribution is -2.31. The molecule has 8 heteroatoms. The monoisotopic (exact) mass is 349 g/mol. The van der Waals surface area contributed by atoms with Crippen LogP contribution in [0, 0.1) is 0 Å². The Morgan fingerprint density at radius 3 is 2.52 bits per heavy atom. The molecule has 2 rings (SSSR count). The number of carbonyl (C=O) groups excluding carboxylic acids is 1. The zero-order chi connectivity index (χ0) is 15.6. The molecule has 1 aliphatic heterocycles. The Hall–Kier alpha value is -0.520. The largest absolute Gasteiger partial charge is 0.326 e. The second kappa shape index (κ2) is 6.71. The predicted octanol–water partition coefficient (Wildman–Crippen LogP) is 2.87. The fraction of sp³-hybridized carbons (Fsp3) is 0.462. The van der Waals surface area contributed by atoms with Crippen molar-refractivity contribution in [3.63, 3.8) is 0 Å². The van der Waals surface area contributed by atoms with E-state index < -0.39 is 7.60 Å². The van der Waals surface area contributed by atoms with Crippen LogP contribution in [0.5, 0.6) is 0 Å². The van der Waals surface area contributed by atoms with Crippen molar-refractivity contribution >= 4 is 36.9 Å². The van der Waals surface area contributed by atoms with E-state index in [9.17, 15) is 9.36 Å². The summed E-state index contributed by atoms with van der Waals surface area (Å²) in [6.07, 6.45) is 0.0799. The summed E-state index contributed by atoms with van der Waals surface area (Å²) < 4.78 is 10.9. The molecular formula is C13H17ClNO4PS. The highest BCUT2D eigenvalue weighted by Crippen LogP contribution is 2.43. The molecule has 0 spiro atoms. The average molecular weight is 350 g/mol. The minimum Gasteiger partial charge on any atom is -0.326 e. The van der Waals surface area contributed by atoms with Gasteiger partial charge < -0.3 is 14.7 Å². The smallest absolute Gasteiger partial charge is 0.325 e. The number of amides is 1. The van der Waals surface area contributed by atoms with Crippen molar-refractivity contribution in [2.45, 2.75) is 24.0 Å². The molecule has 1 heterocycles. The lowest BCUT2D eigenvalue weighted by atomic mass is 10.2. The Bertz CT molecular complexity index is 562. The Balaban J connectivity index is 2.09. The van der Waals surface area contributed by atoms with E-state index in [0.717, 1.165) is 5.56 Å². The number of carbonyl (C=O) groups is 1. The molecular weight excluding hydrogens is 333 g/mol. The first kappa shape index (κ1) is 16.8. The first-order chi connectivity index (χ1) is 9.78. The number of benzene rings is 1. The highest BCUT2D eigenvalue weighted by atomic mass is 35.5. The van der Waals surface area contributed by atoms with E-state index in [0.29, 0.717) is 11.6 Å². The molecule has 21 heavy (non-hydrogen) atoms. The van der Waals surface area contributed by atoms with Crippen molar-refractivity contribution in [2.24, 2.45) is 0 Å². The second-order valence-corrected chi connectivity index (χ2v) is 8.59. The maximum absolute atomic E-state index is 12.2. The minimum atomic E-state index is -4.02. The van der Waals surface area contributed by atoms with Gasteiger partial charge >= 0.3 is 7.60 Å². The van der Waals surface area contributed by atoms with Crippen LogP contribution in [0.2, 0.25) is 5.02 Å². The Labute approximate surface area is 132 Å². The maximum Gasteiger partial charge on any atom is 0.325 e. The van der Waals surface area contributed by atoms with Crippen molar-refractivity contribution in [3.8, 4) is 0 Å². The Morgan fingerprint density at radius 1 is 1.33 bits per heavy atom. The summed E-state index contributed by atoms with van der Waals surface area (Å²) in [4.78, 5) is 31.7. The summed E-state index contributed by atoms with van der Waals surface area (Å²) in [6.45, 7) is 2.19. The van der Waals surface area contributed by atoms with Crippen LogP contribution in [0.3, 0.4) is 0 Å². The first-order valence-electron chi connectivity index (χ1n) is 6.54. The first-order valence-corrected chi connectivity index (χ1v) is 9.66. The number of hydrogen-bond donors (Lipinski definition) is 2. The quantitative estimate of drug-likeness (QED) is 0.799. The van der Waals surface area contributed by atoms with E-state index in [1.54, 1.807) is 17.0 Å². The highest BCUT2D eigenvalue weighted by Gasteiger charge is 2.38. The number of nitrogens with zero attached hydrogens (tertiary/aromatic N) is 1. The number of rotatable bonds is 5. The van der Waals surface area contributed by atoms with Crippen LogP contribution < -0.4 is 0 Å². The Morgan fingerprint density at radius 2 is 1.95 bits per heavy atom. The molecule has 5 nitrogen and oxygen atoms in total. The third-order valence-electron chi connectivity index (χ3n) is 3.25.